The number of carbonyl (C=O) groups excluding carboxylic acids is 1. The van der Waals surface area contributed by atoms with E-state index in [0.717, 1.165) is 11.1 Å². The fraction of sp³-hybridized carbons (Fsp3) is 0.391. The van der Waals surface area contributed by atoms with E-state index in [0.29, 0.717) is 0 Å². The van der Waals surface area contributed by atoms with Crippen LogP contribution in [0.5, 0.6) is 0 Å². The zero-order chi connectivity index (χ0) is 21.0. The van der Waals surface area contributed by atoms with Crippen LogP contribution in [0.2, 0.25) is 0 Å². The lowest BCUT2D eigenvalue weighted by molar-refractivity contribution is -0.160. The maximum absolute atomic E-state index is 12.1. The Balaban J connectivity index is 1.54. The van der Waals surface area contributed by atoms with Gasteiger partial charge < -0.3 is 19.9 Å². The van der Waals surface area contributed by atoms with E-state index < -0.39 is 23.8 Å². The highest BCUT2D eigenvalue weighted by Crippen LogP contribution is 2.44. The van der Waals surface area contributed by atoms with Gasteiger partial charge in [-0.25, -0.2) is 9.59 Å². The molecule has 2 aromatic rings. The second-order valence-corrected chi connectivity index (χ2v) is 8.10. The molecule has 1 aliphatic carbocycles. The van der Waals surface area contributed by atoms with Crippen molar-refractivity contribution in [1.82, 2.24) is 5.32 Å². The normalized spacial score (nSPS) is 14.0. The van der Waals surface area contributed by atoms with E-state index >= 15 is 0 Å². The summed E-state index contributed by atoms with van der Waals surface area (Å²) >= 11 is 0. The summed E-state index contributed by atoms with van der Waals surface area (Å²) in [4.78, 5) is 23.5. The molecular weight excluding hydrogens is 370 g/mol. The second kappa shape index (κ2) is 8.66. The Morgan fingerprint density at radius 2 is 1.59 bits per heavy atom. The number of hydrogen-bond acceptors (Lipinski definition) is 4. The van der Waals surface area contributed by atoms with E-state index in [1.165, 1.54) is 11.1 Å². The lowest BCUT2D eigenvalue weighted by Crippen LogP contribution is -2.37. The molecule has 1 atom stereocenters. The molecule has 6 heteroatoms. The average molecular weight is 397 g/mol. The highest BCUT2D eigenvalue weighted by atomic mass is 16.5. The van der Waals surface area contributed by atoms with Crippen molar-refractivity contribution in [3.63, 3.8) is 0 Å². The zero-order valence-electron chi connectivity index (χ0n) is 17.0. The average Bonchev–Trinajstić information content (AvgIpc) is 2.98. The minimum Gasteiger partial charge on any atom is -0.479 e. The number of fused-ring (bicyclic) bond motifs is 3. The van der Waals surface area contributed by atoms with Crippen LogP contribution >= 0.6 is 0 Å². The van der Waals surface area contributed by atoms with Gasteiger partial charge in [0.05, 0.1) is 5.60 Å². The highest BCUT2D eigenvalue weighted by molar-refractivity contribution is 5.79. The summed E-state index contributed by atoms with van der Waals surface area (Å²) in [7, 11) is 0. The highest BCUT2D eigenvalue weighted by Gasteiger charge is 2.29. The zero-order valence-corrected chi connectivity index (χ0v) is 17.0. The largest absolute Gasteiger partial charge is 0.479 e. The van der Waals surface area contributed by atoms with Gasteiger partial charge in [0.2, 0.25) is 0 Å². The summed E-state index contributed by atoms with van der Waals surface area (Å²) < 4.78 is 11.0. The van der Waals surface area contributed by atoms with Crippen molar-refractivity contribution in [2.45, 2.75) is 44.8 Å². The SMILES string of the molecule is CC(C)(C)OC(CCNC(=O)OCC1c2ccccc2-c2ccccc21)C(=O)O. The maximum Gasteiger partial charge on any atom is 0.407 e. The Morgan fingerprint density at radius 3 is 2.10 bits per heavy atom. The fourth-order valence-electron chi connectivity index (χ4n) is 3.61. The summed E-state index contributed by atoms with van der Waals surface area (Å²) in [6.07, 6.45) is -1.38. The molecule has 0 heterocycles. The number of ether oxygens (including phenoxy) is 2. The van der Waals surface area contributed by atoms with Gasteiger partial charge in [0.25, 0.3) is 0 Å². The third-order valence-corrected chi connectivity index (χ3v) is 4.79. The lowest BCUT2D eigenvalue weighted by Gasteiger charge is -2.25. The van der Waals surface area contributed by atoms with Crippen LogP contribution in [-0.4, -0.2) is 42.0 Å². The number of carboxylic acid groups (broad SMARTS) is 1. The first kappa shape index (κ1) is 20.9. The molecule has 1 aliphatic rings. The van der Waals surface area contributed by atoms with E-state index in [4.69, 9.17) is 9.47 Å². The molecule has 0 fully saturated rings. The first-order valence-electron chi connectivity index (χ1n) is 9.76. The van der Waals surface area contributed by atoms with Crippen LogP contribution in [0.4, 0.5) is 4.79 Å². The van der Waals surface area contributed by atoms with Gasteiger partial charge in [0.15, 0.2) is 6.10 Å². The first-order valence-corrected chi connectivity index (χ1v) is 9.76. The van der Waals surface area contributed by atoms with Crippen LogP contribution in [0.1, 0.15) is 44.2 Å². The molecule has 29 heavy (non-hydrogen) atoms. The van der Waals surface area contributed by atoms with Gasteiger partial charge in [-0.2, -0.15) is 0 Å². The molecule has 154 valence electrons. The van der Waals surface area contributed by atoms with Gasteiger partial charge in [-0.1, -0.05) is 48.5 Å². The molecule has 0 bridgehead atoms. The second-order valence-electron chi connectivity index (χ2n) is 8.10. The van der Waals surface area contributed by atoms with Gasteiger partial charge in [-0.05, 0) is 43.0 Å². The fourth-order valence-corrected chi connectivity index (χ4v) is 3.61. The van der Waals surface area contributed by atoms with Gasteiger partial charge >= 0.3 is 12.1 Å². The summed E-state index contributed by atoms with van der Waals surface area (Å²) in [5, 5.41) is 11.9. The number of alkyl carbamates (subject to hydrolysis) is 1. The standard InChI is InChI=1S/C23H27NO5/c1-23(2,3)29-20(21(25)26)12-13-24-22(27)28-14-19-17-10-6-4-8-15(17)16-9-5-7-11-18(16)19/h4-11,19-20H,12-14H2,1-3H3,(H,24,27)(H,25,26). The number of hydrogen-bond donors (Lipinski definition) is 2. The Hall–Kier alpha value is -2.86. The number of aliphatic carboxylic acids is 1. The number of amides is 1. The number of carbonyl (C=O) groups is 2. The Kier molecular flexibility index (Phi) is 6.23. The van der Waals surface area contributed by atoms with E-state index in [-0.39, 0.29) is 25.5 Å². The van der Waals surface area contributed by atoms with Crippen molar-refractivity contribution >= 4 is 12.1 Å². The van der Waals surface area contributed by atoms with Crippen LogP contribution in [0, 0.1) is 0 Å². The third-order valence-electron chi connectivity index (χ3n) is 4.79. The summed E-state index contributed by atoms with van der Waals surface area (Å²) in [5.74, 6) is -1.06. The van der Waals surface area contributed by atoms with E-state index in [9.17, 15) is 14.7 Å². The predicted molar refractivity (Wildman–Crippen MR) is 110 cm³/mol. The number of rotatable bonds is 7. The van der Waals surface area contributed by atoms with Gasteiger partial charge in [-0.15, -0.1) is 0 Å². The van der Waals surface area contributed by atoms with E-state index in [1.54, 1.807) is 20.8 Å². The molecule has 0 aliphatic heterocycles. The smallest absolute Gasteiger partial charge is 0.407 e. The van der Waals surface area contributed by atoms with Gasteiger partial charge in [0, 0.05) is 18.9 Å². The quantitative estimate of drug-likeness (QED) is 0.732. The first-order chi connectivity index (χ1) is 13.8. The Bertz CT molecular complexity index is 841. The molecule has 0 radical (unpaired) electrons. The molecule has 3 rings (SSSR count). The minimum atomic E-state index is -1.05. The van der Waals surface area contributed by atoms with Crippen molar-refractivity contribution in [2.75, 3.05) is 13.2 Å². The summed E-state index contributed by atoms with van der Waals surface area (Å²) in [5.41, 5.74) is 4.05. The molecular formula is C23H27NO5. The van der Waals surface area contributed by atoms with Crippen LogP contribution in [0.25, 0.3) is 11.1 Å². The molecule has 0 aromatic heterocycles. The topological polar surface area (TPSA) is 84.9 Å². The maximum atomic E-state index is 12.1. The molecule has 0 saturated carbocycles. The van der Waals surface area contributed by atoms with Crippen LogP contribution in [0.15, 0.2) is 48.5 Å². The van der Waals surface area contributed by atoms with Crippen molar-refractivity contribution < 1.29 is 24.2 Å². The lowest BCUT2D eigenvalue weighted by atomic mass is 9.98. The number of carboxylic acids is 1. The minimum absolute atomic E-state index is 0.0101. The summed E-state index contributed by atoms with van der Waals surface area (Å²) in [6, 6.07) is 16.3. The monoisotopic (exact) mass is 397 g/mol. The van der Waals surface area contributed by atoms with Gasteiger partial charge in [0.1, 0.15) is 6.61 Å². The third kappa shape index (κ3) is 5.15. The molecule has 0 saturated heterocycles. The van der Waals surface area contributed by atoms with Crippen LogP contribution in [0.3, 0.4) is 0 Å². The molecule has 6 nitrogen and oxygen atoms in total. The van der Waals surface area contributed by atoms with Crippen LogP contribution < -0.4 is 5.32 Å². The number of benzene rings is 2. The van der Waals surface area contributed by atoms with Crippen molar-refractivity contribution in [3.8, 4) is 11.1 Å². The molecule has 1 unspecified atom stereocenters. The molecule has 2 aromatic carbocycles. The number of nitrogens with one attached hydrogen (secondary N) is 1. The van der Waals surface area contributed by atoms with E-state index in [1.807, 2.05) is 24.3 Å². The van der Waals surface area contributed by atoms with E-state index in [2.05, 4.69) is 29.6 Å². The Labute approximate surface area is 170 Å². The Morgan fingerprint density at radius 1 is 1.03 bits per heavy atom. The van der Waals surface area contributed by atoms with Crippen LogP contribution in [-0.2, 0) is 14.3 Å². The summed E-state index contributed by atoms with van der Waals surface area (Å²) in [6.45, 7) is 5.76. The van der Waals surface area contributed by atoms with Gasteiger partial charge in [-0.3, -0.25) is 0 Å². The molecule has 2 N–H and O–H groups in total. The molecule has 0 spiro atoms. The van der Waals surface area contributed by atoms with Crippen molar-refractivity contribution in [3.05, 3.63) is 59.7 Å². The van der Waals surface area contributed by atoms with Crippen molar-refractivity contribution in [2.24, 2.45) is 0 Å². The molecule has 1 amide bonds. The van der Waals surface area contributed by atoms with Crippen molar-refractivity contribution in [1.29, 1.82) is 0 Å². The predicted octanol–water partition coefficient (Wildman–Crippen LogP) is 4.18.